The predicted molar refractivity (Wildman–Crippen MR) is 70.9 cm³/mol. The van der Waals surface area contributed by atoms with E-state index in [9.17, 15) is 0 Å². The third kappa shape index (κ3) is 3.27. The van der Waals surface area contributed by atoms with Crippen LogP contribution in [0.25, 0.3) is 10.4 Å². The number of hydrogen-bond acceptors (Lipinski definition) is 1. The Balaban J connectivity index is 3.01. The Bertz CT molecular complexity index is 500. The Morgan fingerprint density at radius 1 is 1.18 bits per heavy atom. The lowest BCUT2D eigenvalue weighted by molar-refractivity contribution is 1.01. The highest BCUT2D eigenvalue weighted by Gasteiger charge is 2.05. The fourth-order valence-corrected chi connectivity index (χ4v) is 1.71. The van der Waals surface area contributed by atoms with Crippen molar-refractivity contribution >= 4 is 0 Å². The van der Waals surface area contributed by atoms with Gasteiger partial charge in [-0.3, -0.25) is 0 Å². The molecule has 0 radical (unpaired) electrons. The normalized spacial score (nSPS) is 9.18. The summed E-state index contributed by atoms with van der Waals surface area (Å²) in [5.41, 5.74) is 14.3. The van der Waals surface area contributed by atoms with Crippen LogP contribution >= 0.6 is 0 Å². The molecular formula is C14H17N3. The lowest BCUT2D eigenvalue weighted by Crippen LogP contribution is -1.95. The summed E-state index contributed by atoms with van der Waals surface area (Å²) < 4.78 is 0. The molecule has 0 aromatic heterocycles. The predicted octanol–water partition coefficient (Wildman–Crippen LogP) is 3.97. The molecule has 0 aliphatic rings. The van der Waals surface area contributed by atoms with Crippen LogP contribution in [-0.2, 0) is 0 Å². The summed E-state index contributed by atoms with van der Waals surface area (Å²) in [4.78, 5) is 2.70. The number of aryl methyl sites for hydroxylation is 2. The zero-order chi connectivity index (χ0) is 12.8. The Hall–Kier alpha value is -1.91. The van der Waals surface area contributed by atoms with Gasteiger partial charge in [-0.1, -0.05) is 23.0 Å². The Morgan fingerprint density at radius 3 is 2.29 bits per heavy atom. The first-order chi connectivity index (χ1) is 8.07. The second kappa shape index (κ2) is 5.98. The maximum Gasteiger partial charge on any atom is 0.0367 e. The average molecular weight is 227 g/mol. The van der Waals surface area contributed by atoms with Crippen LogP contribution in [0.15, 0.2) is 11.2 Å². The minimum Gasteiger partial charge on any atom is -0.0977 e. The third-order valence-electron chi connectivity index (χ3n) is 2.98. The van der Waals surface area contributed by atoms with E-state index in [1.807, 2.05) is 0 Å². The highest BCUT2D eigenvalue weighted by atomic mass is 15.1. The molecule has 0 N–H and O–H groups in total. The smallest absolute Gasteiger partial charge is 0.0367 e. The zero-order valence-electron chi connectivity index (χ0n) is 10.8. The first-order valence-corrected chi connectivity index (χ1v) is 5.65. The molecule has 0 amide bonds. The van der Waals surface area contributed by atoms with Crippen molar-refractivity contribution in [3.05, 3.63) is 44.3 Å². The maximum atomic E-state index is 8.15. The molecule has 0 aliphatic heterocycles. The summed E-state index contributed by atoms with van der Waals surface area (Å²) >= 11 is 0. The first kappa shape index (κ1) is 13.2. The summed E-state index contributed by atoms with van der Waals surface area (Å²) in [6.07, 6.45) is 0.607. The lowest BCUT2D eigenvalue weighted by Gasteiger charge is -2.10. The van der Waals surface area contributed by atoms with E-state index in [1.54, 1.807) is 0 Å². The van der Waals surface area contributed by atoms with Crippen LogP contribution in [0.5, 0.6) is 0 Å². The van der Waals surface area contributed by atoms with Crippen molar-refractivity contribution < 1.29 is 0 Å². The number of nitrogens with zero attached hydrogens (tertiary/aromatic N) is 3. The minimum absolute atomic E-state index is 0.437. The van der Waals surface area contributed by atoms with Crippen LogP contribution < -0.4 is 0 Å². The van der Waals surface area contributed by atoms with Gasteiger partial charge in [-0.25, -0.2) is 0 Å². The van der Waals surface area contributed by atoms with E-state index in [-0.39, 0.29) is 0 Å². The van der Waals surface area contributed by atoms with E-state index in [0.717, 1.165) is 5.56 Å². The molecule has 3 nitrogen and oxygen atoms in total. The van der Waals surface area contributed by atoms with Crippen LogP contribution in [0.1, 0.15) is 34.2 Å². The number of hydrogen-bond donors (Lipinski definition) is 0. The highest BCUT2D eigenvalue weighted by Crippen LogP contribution is 2.20. The van der Waals surface area contributed by atoms with Gasteiger partial charge in [0.15, 0.2) is 0 Å². The second-order valence-electron chi connectivity index (χ2n) is 4.14. The van der Waals surface area contributed by atoms with Gasteiger partial charge in [-0.15, -0.1) is 0 Å². The number of benzene rings is 1. The molecule has 0 unspecified atom stereocenters. The van der Waals surface area contributed by atoms with Gasteiger partial charge in [-0.2, -0.15) is 0 Å². The quantitative estimate of drug-likeness (QED) is 0.241. The average Bonchev–Trinajstić information content (AvgIpc) is 2.30. The lowest BCUT2D eigenvalue weighted by atomic mass is 9.94. The van der Waals surface area contributed by atoms with E-state index < -0.39 is 0 Å². The van der Waals surface area contributed by atoms with Crippen molar-refractivity contribution in [2.75, 3.05) is 6.54 Å². The number of azide groups is 1. The van der Waals surface area contributed by atoms with E-state index in [4.69, 9.17) is 5.53 Å². The standard InChI is InChI=1S/C14H17N3/c1-10-9-11(2)13(4)14(12(10)3)7-5-6-8-16-17-15/h9H,6,8H2,1-4H3. The van der Waals surface area contributed by atoms with E-state index in [2.05, 4.69) is 55.6 Å². The molecule has 3 heteroatoms. The van der Waals surface area contributed by atoms with Crippen LogP contribution in [0.3, 0.4) is 0 Å². The largest absolute Gasteiger partial charge is 0.0977 e. The fraction of sp³-hybridized carbons (Fsp3) is 0.429. The maximum absolute atomic E-state index is 8.15. The van der Waals surface area contributed by atoms with E-state index in [1.165, 1.54) is 22.3 Å². The van der Waals surface area contributed by atoms with Gasteiger partial charge in [0, 0.05) is 23.4 Å². The summed E-state index contributed by atoms with van der Waals surface area (Å²) in [5, 5.41) is 3.46. The molecule has 17 heavy (non-hydrogen) atoms. The van der Waals surface area contributed by atoms with E-state index >= 15 is 0 Å². The van der Waals surface area contributed by atoms with Gasteiger partial charge in [0.1, 0.15) is 0 Å². The van der Waals surface area contributed by atoms with Gasteiger partial charge < -0.3 is 0 Å². The van der Waals surface area contributed by atoms with Crippen molar-refractivity contribution in [3.8, 4) is 11.8 Å². The Labute approximate surface area is 102 Å². The van der Waals surface area contributed by atoms with Crippen molar-refractivity contribution in [2.45, 2.75) is 34.1 Å². The van der Waals surface area contributed by atoms with Gasteiger partial charge in [-0.05, 0) is 55.5 Å². The van der Waals surface area contributed by atoms with Crippen LogP contribution in [-0.4, -0.2) is 6.54 Å². The molecule has 0 saturated carbocycles. The second-order valence-corrected chi connectivity index (χ2v) is 4.14. The first-order valence-electron chi connectivity index (χ1n) is 5.65. The monoisotopic (exact) mass is 227 g/mol. The Morgan fingerprint density at radius 2 is 1.76 bits per heavy atom. The SMILES string of the molecule is Cc1cc(C)c(C)c(C#CCCN=[N+]=[N-])c1C. The summed E-state index contributed by atoms with van der Waals surface area (Å²) in [7, 11) is 0. The molecule has 0 aliphatic carbocycles. The van der Waals surface area contributed by atoms with Crippen molar-refractivity contribution in [2.24, 2.45) is 5.11 Å². The van der Waals surface area contributed by atoms with Crippen molar-refractivity contribution in [1.29, 1.82) is 0 Å². The zero-order valence-corrected chi connectivity index (χ0v) is 10.8. The van der Waals surface area contributed by atoms with Crippen molar-refractivity contribution in [3.63, 3.8) is 0 Å². The molecular weight excluding hydrogens is 210 g/mol. The van der Waals surface area contributed by atoms with Gasteiger partial charge in [0.2, 0.25) is 0 Å². The molecule has 0 fully saturated rings. The molecule has 1 rings (SSSR count). The summed E-state index contributed by atoms with van der Waals surface area (Å²) in [6.45, 7) is 8.84. The Kier molecular flexibility index (Phi) is 4.63. The van der Waals surface area contributed by atoms with Crippen LogP contribution in [0.4, 0.5) is 0 Å². The molecule has 0 saturated heterocycles. The highest BCUT2D eigenvalue weighted by molar-refractivity contribution is 5.52. The molecule has 1 aromatic carbocycles. The molecule has 1 aromatic rings. The van der Waals surface area contributed by atoms with Crippen LogP contribution in [0.2, 0.25) is 0 Å². The fourth-order valence-electron chi connectivity index (χ4n) is 1.71. The van der Waals surface area contributed by atoms with Crippen molar-refractivity contribution in [1.82, 2.24) is 0 Å². The number of rotatable bonds is 2. The minimum atomic E-state index is 0.437. The molecule has 0 atom stereocenters. The molecule has 0 spiro atoms. The van der Waals surface area contributed by atoms with Gasteiger partial charge >= 0.3 is 0 Å². The summed E-state index contributed by atoms with van der Waals surface area (Å²) in [6, 6.07) is 2.19. The third-order valence-corrected chi connectivity index (χ3v) is 2.98. The van der Waals surface area contributed by atoms with Gasteiger partial charge in [0.05, 0.1) is 0 Å². The van der Waals surface area contributed by atoms with Gasteiger partial charge in [0.25, 0.3) is 0 Å². The molecule has 88 valence electrons. The summed E-state index contributed by atoms with van der Waals surface area (Å²) in [5.74, 6) is 6.25. The topological polar surface area (TPSA) is 48.8 Å². The van der Waals surface area contributed by atoms with Crippen LogP contribution in [0, 0.1) is 39.5 Å². The van der Waals surface area contributed by atoms with E-state index in [0.29, 0.717) is 13.0 Å². The molecule has 0 heterocycles. The molecule has 0 bridgehead atoms.